The number of hydrogen-bond donors (Lipinski definition) is 2. The van der Waals surface area contributed by atoms with E-state index in [1.54, 1.807) is 38.1 Å². The van der Waals surface area contributed by atoms with Crippen LogP contribution < -0.4 is 11.1 Å². The maximum absolute atomic E-state index is 11.8. The number of urea groups is 1. The van der Waals surface area contributed by atoms with Crippen molar-refractivity contribution in [3.63, 3.8) is 0 Å². The fraction of sp³-hybridized carbons (Fsp3) is 0.267. The number of carbonyl (C=O) groups excluding carboxylic acids is 3. The first-order valence-corrected chi connectivity index (χ1v) is 6.92. The first kappa shape index (κ1) is 17.7. The lowest BCUT2D eigenvalue weighted by atomic mass is 10.1. The summed E-state index contributed by atoms with van der Waals surface area (Å²) < 4.78 is 5.05. The van der Waals surface area contributed by atoms with Crippen LogP contribution in [-0.2, 0) is 14.3 Å². The lowest BCUT2D eigenvalue weighted by Crippen LogP contribution is -2.45. The smallest absolute Gasteiger partial charge is 0.331 e. The molecular weight excluding hydrogens is 308 g/mol. The molecule has 0 aliphatic carbocycles. The highest BCUT2D eigenvalue weighted by Crippen LogP contribution is 2.16. The van der Waals surface area contributed by atoms with Crippen molar-refractivity contribution in [2.24, 2.45) is 11.7 Å². The zero-order valence-corrected chi connectivity index (χ0v) is 13.0. The Hall–Kier alpha value is -2.34. The molecule has 6 nitrogen and oxygen atoms in total. The van der Waals surface area contributed by atoms with Crippen LogP contribution in [-0.4, -0.2) is 24.0 Å². The van der Waals surface area contributed by atoms with Gasteiger partial charge in [0.1, 0.15) is 0 Å². The summed E-state index contributed by atoms with van der Waals surface area (Å²) in [6, 6.07) is 5.95. The van der Waals surface area contributed by atoms with Gasteiger partial charge in [0.25, 0.3) is 5.91 Å². The minimum atomic E-state index is -1.11. The highest BCUT2D eigenvalue weighted by atomic mass is 35.5. The average molecular weight is 325 g/mol. The maximum Gasteiger partial charge on any atom is 0.331 e. The highest BCUT2D eigenvalue weighted by Gasteiger charge is 2.26. The zero-order chi connectivity index (χ0) is 16.7. The number of nitrogens with two attached hydrogens (primary N) is 1. The van der Waals surface area contributed by atoms with Gasteiger partial charge in [0.05, 0.1) is 0 Å². The molecule has 118 valence electrons. The maximum atomic E-state index is 11.8. The number of ether oxygens (including phenoxy) is 1. The summed E-state index contributed by atoms with van der Waals surface area (Å²) in [5, 5.41) is 2.37. The predicted octanol–water partition coefficient (Wildman–Crippen LogP) is 2.12. The Morgan fingerprint density at radius 1 is 1.27 bits per heavy atom. The normalized spacial score (nSPS) is 12.2. The van der Waals surface area contributed by atoms with Crippen molar-refractivity contribution in [2.45, 2.75) is 20.0 Å². The predicted molar refractivity (Wildman–Crippen MR) is 82.9 cm³/mol. The van der Waals surface area contributed by atoms with Crippen LogP contribution >= 0.6 is 11.6 Å². The molecule has 0 fully saturated rings. The van der Waals surface area contributed by atoms with Crippen LogP contribution in [0.2, 0.25) is 5.02 Å². The number of primary amides is 1. The molecule has 0 aromatic heterocycles. The third-order valence-electron chi connectivity index (χ3n) is 2.66. The minimum Gasteiger partial charge on any atom is -0.449 e. The summed E-state index contributed by atoms with van der Waals surface area (Å²) in [4.78, 5) is 34.2. The topological polar surface area (TPSA) is 98.5 Å². The molecule has 22 heavy (non-hydrogen) atoms. The van der Waals surface area contributed by atoms with E-state index in [-0.39, 0.29) is 5.92 Å². The molecule has 0 spiro atoms. The highest BCUT2D eigenvalue weighted by molar-refractivity contribution is 6.32. The number of halogens is 1. The second-order valence-corrected chi connectivity index (χ2v) is 5.22. The Kier molecular flexibility index (Phi) is 6.59. The van der Waals surface area contributed by atoms with Gasteiger partial charge in [0.2, 0.25) is 0 Å². The molecular formula is C15H17ClN2O4. The number of nitrogens with one attached hydrogen (secondary N) is 1. The SMILES string of the molecule is CC(C)[C@H](OC(=O)/C=C/c1ccccc1Cl)C(=O)NC(N)=O. The van der Waals surface area contributed by atoms with Gasteiger partial charge in [-0.1, -0.05) is 43.6 Å². The number of hydrogen-bond acceptors (Lipinski definition) is 4. The molecule has 7 heteroatoms. The lowest BCUT2D eigenvalue weighted by molar-refractivity contribution is -0.153. The zero-order valence-electron chi connectivity index (χ0n) is 12.2. The van der Waals surface area contributed by atoms with Gasteiger partial charge >= 0.3 is 12.0 Å². The first-order valence-electron chi connectivity index (χ1n) is 6.54. The van der Waals surface area contributed by atoms with Gasteiger partial charge in [-0.15, -0.1) is 0 Å². The van der Waals surface area contributed by atoms with E-state index in [0.717, 1.165) is 6.08 Å². The molecule has 0 heterocycles. The second-order valence-electron chi connectivity index (χ2n) is 4.81. The van der Waals surface area contributed by atoms with E-state index in [1.807, 2.05) is 5.32 Å². The fourth-order valence-corrected chi connectivity index (χ4v) is 1.82. The summed E-state index contributed by atoms with van der Waals surface area (Å²) in [6.07, 6.45) is 1.53. The van der Waals surface area contributed by atoms with Crippen LogP contribution in [0.4, 0.5) is 4.79 Å². The van der Waals surface area contributed by atoms with Crippen LogP contribution in [0.25, 0.3) is 6.08 Å². The van der Waals surface area contributed by atoms with Crippen molar-refractivity contribution in [1.29, 1.82) is 0 Å². The van der Waals surface area contributed by atoms with Crippen LogP contribution in [0, 0.1) is 5.92 Å². The molecule has 1 rings (SSSR count). The molecule has 1 atom stereocenters. The van der Waals surface area contributed by atoms with Crippen molar-refractivity contribution in [1.82, 2.24) is 5.32 Å². The van der Waals surface area contributed by atoms with Crippen LogP contribution in [0.1, 0.15) is 19.4 Å². The van der Waals surface area contributed by atoms with Gasteiger partial charge in [0, 0.05) is 11.1 Å². The van der Waals surface area contributed by atoms with Crippen molar-refractivity contribution < 1.29 is 19.1 Å². The molecule has 0 bridgehead atoms. The Balaban J connectivity index is 2.74. The Morgan fingerprint density at radius 2 is 1.91 bits per heavy atom. The van der Waals surface area contributed by atoms with Crippen LogP contribution in [0.5, 0.6) is 0 Å². The molecule has 0 aliphatic rings. The van der Waals surface area contributed by atoms with E-state index >= 15 is 0 Å². The molecule has 1 aromatic carbocycles. The summed E-state index contributed by atoms with van der Waals surface area (Å²) in [6.45, 7) is 3.35. The molecule has 3 amide bonds. The average Bonchev–Trinajstić information content (AvgIpc) is 2.42. The summed E-state index contributed by atoms with van der Waals surface area (Å²) in [5.41, 5.74) is 5.52. The molecule has 3 N–H and O–H groups in total. The molecule has 0 saturated carbocycles. The van der Waals surface area contributed by atoms with Crippen LogP contribution in [0.15, 0.2) is 30.3 Å². The molecule has 0 saturated heterocycles. The van der Waals surface area contributed by atoms with E-state index in [0.29, 0.717) is 10.6 Å². The van der Waals surface area contributed by atoms with E-state index < -0.39 is 24.0 Å². The van der Waals surface area contributed by atoms with Gasteiger partial charge in [-0.05, 0) is 23.6 Å². The van der Waals surface area contributed by atoms with Gasteiger partial charge in [-0.2, -0.15) is 0 Å². The number of benzene rings is 1. The Labute approximate surface area is 133 Å². The molecule has 0 unspecified atom stereocenters. The first-order chi connectivity index (χ1) is 10.3. The van der Waals surface area contributed by atoms with Crippen molar-refractivity contribution in [3.05, 3.63) is 40.9 Å². The molecule has 0 radical (unpaired) electrons. The summed E-state index contributed by atoms with van der Waals surface area (Å²) >= 11 is 5.95. The largest absolute Gasteiger partial charge is 0.449 e. The quantitative estimate of drug-likeness (QED) is 0.640. The monoisotopic (exact) mass is 324 g/mol. The third-order valence-corrected chi connectivity index (χ3v) is 3.00. The van der Waals surface area contributed by atoms with Gasteiger partial charge in [0.15, 0.2) is 6.10 Å². The lowest BCUT2D eigenvalue weighted by Gasteiger charge is -2.18. The van der Waals surface area contributed by atoms with Crippen molar-refractivity contribution in [2.75, 3.05) is 0 Å². The number of imide groups is 1. The standard InChI is InChI=1S/C15H17ClN2O4/c1-9(2)13(14(20)18-15(17)21)22-12(19)8-7-10-5-3-4-6-11(10)16/h3-9,13H,1-2H3,(H3,17,18,20,21)/b8-7+/t13-/m0/s1. The van der Waals surface area contributed by atoms with Crippen molar-refractivity contribution in [3.8, 4) is 0 Å². The van der Waals surface area contributed by atoms with E-state index in [9.17, 15) is 14.4 Å². The van der Waals surface area contributed by atoms with Gasteiger partial charge in [-0.25, -0.2) is 9.59 Å². The molecule has 0 aliphatic heterocycles. The fourth-order valence-electron chi connectivity index (χ4n) is 1.62. The Bertz CT molecular complexity index is 599. The summed E-state index contributed by atoms with van der Waals surface area (Å²) in [5.74, 6) is -1.81. The molecule has 1 aromatic rings. The minimum absolute atomic E-state index is 0.322. The van der Waals surface area contributed by atoms with E-state index in [1.165, 1.54) is 6.08 Å². The van der Waals surface area contributed by atoms with Gasteiger partial charge in [-0.3, -0.25) is 10.1 Å². The number of esters is 1. The Morgan fingerprint density at radius 3 is 2.45 bits per heavy atom. The summed E-state index contributed by atoms with van der Waals surface area (Å²) in [7, 11) is 0. The number of carbonyl (C=O) groups is 3. The number of rotatable bonds is 5. The van der Waals surface area contributed by atoms with Gasteiger partial charge < -0.3 is 10.5 Å². The number of amides is 3. The second kappa shape index (κ2) is 8.19. The van der Waals surface area contributed by atoms with E-state index in [2.05, 4.69) is 0 Å². The van der Waals surface area contributed by atoms with Crippen LogP contribution in [0.3, 0.4) is 0 Å². The third kappa shape index (κ3) is 5.57. The van der Waals surface area contributed by atoms with Crippen molar-refractivity contribution >= 4 is 35.6 Å². The van der Waals surface area contributed by atoms with E-state index in [4.69, 9.17) is 22.1 Å².